The minimum absolute atomic E-state index is 0.00462. The Morgan fingerprint density at radius 3 is 2.40 bits per heavy atom. The highest BCUT2D eigenvalue weighted by Gasteiger charge is 2.37. The Morgan fingerprint density at radius 1 is 1.11 bits per heavy atom. The van der Waals surface area contributed by atoms with Crippen molar-refractivity contribution >= 4 is 14.4 Å². The molecular formula is C27H44N2O5Si. The highest BCUT2D eigenvalue weighted by molar-refractivity contribution is 6.74. The summed E-state index contributed by atoms with van der Waals surface area (Å²) < 4.78 is 16.5. The van der Waals surface area contributed by atoms with Crippen LogP contribution in [0.25, 0.3) is 0 Å². The van der Waals surface area contributed by atoms with Crippen molar-refractivity contribution in [2.75, 3.05) is 19.7 Å². The molecular weight excluding hydrogens is 460 g/mol. The van der Waals surface area contributed by atoms with Gasteiger partial charge in [-0.05, 0) is 42.0 Å². The highest BCUT2D eigenvalue weighted by Crippen LogP contribution is 2.37. The van der Waals surface area contributed by atoms with Crippen molar-refractivity contribution in [3.8, 4) is 5.75 Å². The Morgan fingerprint density at radius 2 is 1.80 bits per heavy atom. The molecule has 0 radical (unpaired) electrons. The van der Waals surface area contributed by atoms with Gasteiger partial charge < -0.3 is 29.3 Å². The van der Waals surface area contributed by atoms with Gasteiger partial charge in [0.25, 0.3) is 0 Å². The minimum Gasteiger partial charge on any atom is -0.469 e. The van der Waals surface area contributed by atoms with Crippen LogP contribution in [0.1, 0.15) is 46.6 Å². The Hall–Kier alpha value is -2.13. The topological polar surface area (TPSA) is 93.0 Å². The lowest BCUT2D eigenvalue weighted by atomic mass is 9.89. The van der Waals surface area contributed by atoms with Gasteiger partial charge in [0.2, 0.25) is 0 Å². The molecule has 3 N–H and O–H groups in total. The van der Waals surface area contributed by atoms with Gasteiger partial charge in [-0.3, -0.25) is 0 Å². The normalized spacial score (nSPS) is 14.4. The van der Waals surface area contributed by atoms with Crippen LogP contribution in [0.3, 0.4) is 0 Å². The first-order chi connectivity index (χ1) is 16.3. The van der Waals surface area contributed by atoms with Crippen LogP contribution in [-0.2, 0) is 10.8 Å². The van der Waals surface area contributed by atoms with Crippen molar-refractivity contribution in [1.29, 1.82) is 0 Å². The van der Waals surface area contributed by atoms with Crippen molar-refractivity contribution in [1.82, 2.24) is 10.6 Å². The third kappa shape index (κ3) is 10.2. The molecule has 0 aliphatic carbocycles. The van der Waals surface area contributed by atoms with E-state index in [9.17, 15) is 9.90 Å². The number of furan rings is 1. The number of carbonyl (C=O) groups excluding carboxylic acids is 1. The Bertz CT molecular complexity index is 879. The fraction of sp³-hybridized carbons (Fsp3) is 0.593. The van der Waals surface area contributed by atoms with Gasteiger partial charge >= 0.3 is 6.09 Å². The fourth-order valence-electron chi connectivity index (χ4n) is 3.34. The maximum Gasteiger partial charge on any atom is 0.413 e. The van der Waals surface area contributed by atoms with Gasteiger partial charge in [-0.2, -0.15) is 0 Å². The number of carbonyl (C=O) groups is 1. The maximum absolute atomic E-state index is 12.4. The lowest BCUT2D eigenvalue weighted by Crippen LogP contribution is -2.50. The van der Waals surface area contributed by atoms with Gasteiger partial charge in [0.05, 0.1) is 18.4 Å². The molecule has 0 bridgehead atoms. The van der Waals surface area contributed by atoms with Crippen molar-refractivity contribution < 1.29 is 23.5 Å². The molecule has 8 heteroatoms. The van der Waals surface area contributed by atoms with E-state index in [2.05, 4.69) is 58.3 Å². The van der Waals surface area contributed by atoms with Gasteiger partial charge in [-0.25, -0.2) is 4.79 Å². The summed E-state index contributed by atoms with van der Waals surface area (Å²) >= 11 is 0. The first-order valence-electron chi connectivity index (χ1n) is 12.4. The van der Waals surface area contributed by atoms with E-state index < -0.39 is 26.6 Å². The lowest BCUT2D eigenvalue weighted by molar-refractivity contribution is 0.114. The van der Waals surface area contributed by atoms with Crippen LogP contribution in [0, 0.1) is 5.41 Å². The van der Waals surface area contributed by atoms with Crippen LogP contribution in [0.2, 0.25) is 18.1 Å². The summed E-state index contributed by atoms with van der Waals surface area (Å²) in [5.41, 5.74) is 1.02. The summed E-state index contributed by atoms with van der Waals surface area (Å²) in [4.78, 5) is 12.4. The quantitative estimate of drug-likeness (QED) is 0.318. The summed E-state index contributed by atoms with van der Waals surface area (Å²) in [7, 11) is -1.76. The Labute approximate surface area is 211 Å². The van der Waals surface area contributed by atoms with E-state index in [4.69, 9.17) is 13.6 Å². The molecule has 0 unspecified atom stereocenters. The third-order valence-electron chi connectivity index (χ3n) is 6.78. The molecule has 0 spiro atoms. The standard InChI is InChI=1S/C27H44N2O5Si/c1-26(2,3)35(6,7)33-16-14-27(4,5)20-28-18-24(30)23(17-21-11-9-8-10-12-21)29-25(31)34-22-13-15-32-19-22/h8-13,15,19,23-24,28,30H,14,16-18,20H2,1-7H3,(H,29,31)/t23-,24+/m0/s1. The molecule has 7 nitrogen and oxygen atoms in total. The predicted octanol–water partition coefficient (Wildman–Crippen LogP) is 5.37. The van der Waals surface area contributed by atoms with Crippen LogP contribution < -0.4 is 15.4 Å². The molecule has 2 rings (SSSR count). The number of aliphatic hydroxyl groups excluding tert-OH is 1. The van der Waals surface area contributed by atoms with E-state index in [1.807, 2.05) is 30.3 Å². The van der Waals surface area contributed by atoms with Crippen molar-refractivity contribution in [2.45, 2.75) is 77.7 Å². The third-order valence-corrected chi connectivity index (χ3v) is 11.3. The van der Waals surface area contributed by atoms with Gasteiger partial charge in [0.15, 0.2) is 14.1 Å². The van der Waals surface area contributed by atoms with E-state index in [0.717, 1.165) is 25.1 Å². The second-order valence-corrected chi connectivity index (χ2v) is 16.3. The molecule has 35 heavy (non-hydrogen) atoms. The second kappa shape index (κ2) is 12.7. The monoisotopic (exact) mass is 504 g/mol. The fourth-order valence-corrected chi connectivity index (χ4v) is 4.38. The molecule has 0 saturated heterocycles. The molecule has 1 heterocycles. The number of hydrogen-bond acceptors (Lipinski definition) is 6. The molecule has 1 amide bonds. The largest absolute Gasteiger partial charge is 0.469 e. The summed E-state index contributed by atoms with van der Waals surface area (Å²) in [6, 6.07) is 10.8. The van der Waals surface area contributed by atoms with Crippen LogP contribution in [0.15, 0.2) is 53.3 Å². The number of nitrogens with one attached hydrogen (secondary N) is 2. The van der Waals surface area contributed by atoms with Crippen LogP contribution in [0.4, 0.5) is 4.79 Å². The molecule has 1 aromatic heterocycles. The van der Waals surface area contributed by atoms with Gasteiger partial charge in [0.1, 0.15) is 6.26 Å². The van der Waals surface area contributed by atoms with Crippen molar-refractivity contribution in [3.63, 3.8) is 0 Å². The zero-order chi connectivity index (χ0) is 26.1. The van der Waals surface area contributed by atoms with E-state index >= 15 is 0 Å². The number of hydrogen-bond donors (Lipinski definition) is 3. The van der Waals surface area contributed by atoms with Gasteiger partial charge in [0, 0.05) is 25.8 Å². The van der Waals surface area contributed by atoms with E-state index in [-0.39, 0.29) is 10.5 Å². The first kappa shape index (κ1) is 29.1. The summed E-state index contributed by atoms with van der Waals surface area (Å²) in [6.45, 7) is 17.5. The number of rotatable bonds is 13. The minimum atomic E-state index is -1.76. The summed E-state index contributed by atoms with van der Waals surface area (Å²) in [6.07, 6.45) is 2.75. The van der Waals surface area contributed by atoms with Crippen LogP contribution >= 0.6 is 0 Å². The number of aliphatic hydroxyl groups is 1. The molecule has 2 aromatic rings. The summed E-state index contributed by atoms with van der Waals surface area (Å²) in [5, 5.41) is 17.3. The van der Waals surface area contributed by atoms with E-state index in [1.165, 1.54) is 12.5 Å². The number of ether oxygens (including phenoxy) is 1. The number of benzene rings is 1. The first-order valence-corrected chi connectivity index (χ1v) is 15.3. The Kier molecular flexibility index (Phi) is 10.6. The number of amides is 1. The molecule has 0 aliphatic rings. The Balaban J connectivity index is 1.88. The molecule has 0 saturated carbocycles. The van der Waals surface area contributed by atoms with Gasteiger partial charge in [-0.15, -0.1) is 0 Å². The zero-order valence-corrected chi connectivity index (χ0v) is 23.4. The summed E-state index contributed by atoms with van der Waals surface area (Å²) in [5.74, 6) is 0.315. The average Bonchev–Trinajstić information content (AvgIpc) is 3.25. The molecule has 196 valence electrons. The SMILES string of the molecule is CC(C)(CCO[Si](C)(C)C(C)(C)C)CNC[C@@H](O)[C@H](Cc1ccccc1)NC(=O)Oc1ccoc1. The molecule has 0 fully saturated rings. The molecule has 2 atom stereocenters. The maximum atomic E-state index is 12.4. The van der Waals surface area contributed by atoms with E-state index in [1.54, 1.807) is 6.07 Å². The second-order valence-electron chi connectivity index (χ2n) is 11.5. The average molecular weight is 505 g/mol. The van der Waals surface area contributed by atoms with Crippen LogP contribution in [0.5, 0.6) is 5.75 Å². The molecule has 1 aromatic carbocycles. The van der Waals surface area contributed by atoms with E-state index in [0.29, 0.717) is 18.7 Å². The van der Waals surface area contributed by atoms with Gasteiger partial charge in [-0.1, -0.05) is 65.0 Å². The van der Waals surface area contributed by atoms with Crippen molar-refractivity contribution in [3.05, 3.63) is 54.5 Å². The highest BCUT2D eigenvalue weighted by atomic mass is 28.4. The van der Waals surface area contributed by atoms with Crippen LogP contribution in [-0.4, -0.2) is 51.4 Å². The smallest absolute Gasteiger partial charge is 0.413 e. The molecule has 0 aliphatic heterocycles. The lowest BCUT2D eigenvalue weighted by Gasteiger charge is -2.37. The zero-order valence-electron chi connectivity index (χ0n) is 22.4. The predicted molar refractivity (Wildman–Crippen MR) is 142 cm³/mol. The van der Waals surface area contributed by atoms with Crippen molar-refractivity contribution in [2.24, 2.45) is 5.41 Å².